The van der Waals surface area contributed by atoms with Crippen LogP contribution in [0.1, 0.15) is 16.7 Å². The van der Waals surface area contributed by atoms with E-state index in [0.29, 0.717) is 11.4 Å². The van der Waals surface area contributed by atoms with Crippen molar-refractivity contribution < 1.29 is 8.42 Å². The Morgan fingerprint density at radius 1 is 1.05 bits per heavy atom. The van der Waals surface area contributed by atoms with Gasteiger partial charge in [0, 0.05) is 5.69 Å². The molecule has 20 heavy (non-hydrogen) atoms. The van der Waals surface area contributed by atoms with Crippen LogP contribution < -0.4 is 10.5 Å². The van der Waals surface area contributed by atoms with Crippen molar-refractivity contribution >= 4 is 21.4 Å². The number of nitrogen functional groups attached to an aromatic ring is 1. The van der Waals surface area contributed by atoms with E-state index in [4.69, 9.17) is 5.73 Å². The van der Waals surface area contributed by atoms with Crippen LogP contribution in [0.15, 0.2) is 41.3 Å². The van der Waals surface area contributed by atoms with E-state index in [-0.39, 0.29) is 4.90 Å². The maximum absolute atomic E-state index is 12.4. The summed E-state index contributed by atoms with van der Waals surface area (Å²) >= 11 is 0. The Bertz CT molecular complexity index is 752. The number of sulfonamides is 1. The summed E-state index contributed by atoms with van der Waals surface area (Å²) in [5.41, 5.74) is 9.61. The molecule has 0 saturated carbocycles. The van der Waals surface area contributed by atoms with Gasteiger partial charge < -0.3 is 5.73 Å². The second-order valence-corrected chi connectivity index (χ2v) is 6.57. The lowest BCUT2D eigenvalue weighted by Crippen LogP contribution is -2.14. The first-order valence-corrected chi connectivity index (χ1v) is 7.75. The summed E-state index contributed by atoms with van der Waals surface area (Å²) in [5, 5.41) is 0. The van der Waals surface area contributed by atoms with Crippen molar-refractivity contribution in [2.24, 2.45) is 0 Å². The molecule has 0 aliphatic rings. The quantitative estimate of drug-likeness (QED) is 0.854. The molecular weight excluding hydrogens is 272 g/mol. The zero-order valence-corrected chi connectivity index (χ0v) is 12.6. The molecule has 0 aliphatic heterocycles. The van der Waals surface area contributed by atoms with E-state index >= 15 is 0 Å². The van der Waals surface area contributed by atoms with Gasteiger partial charge >= 0.3 is 0 Å². The summed E-state index contributed by atoms with van der Waals surface area (Å²) < 4.78 is 27.3. The van der Waals surface area contributed by atoms with Crippen molar-refractivity contribution in [3.05, 3.63) is 53.1 Å². The van der Waals surface area contributed by atoms with Gasteiger partial charge in [0.1, 0.15) is 0 Å². The van der Waals surface area contributed by atoms with Gasteiger partial charge in [-0.2, -0.15) is 0 Å². The molecule has 3 N–H and O–H groups in total. The molecule has 0 radical (unpaired) electrons. The van der Waals surface area contributed by atoms with Crippen molar-refractivity contribution in [3.63, 3.8) is 0 Å². The van der Waals surface area contributed by atoms with E-state index < -0.39 is 10.0 Å². The highest BCUT2D eigenvalue weighted by Crippen LogP contribution is 2.26. The molecule has 2 aromatic carbocycles. The summed E-state index contributed by atoms with van der Waals surface area (Å²) in [7, 11) is -3.59. The van der Waals surface area contributed by atoms with E-state index in [2.05, 4.69) is 4.72 Å². The van der Waals surface area contributed by atoms with Crippen molar-refractivity contribution in [3.8, 4) is 0 Å². The van der Waals surface area contributed by atoms with Crippen LogP contribution >= 0.6 is 0 Å². The van der Waals surface area contributed by atoms with Crippen LogP contribution in [0.3, 0.4) is 0 Å². The maximum Gasteiger partial charge on any atom is 0.261 e. The van der Waals surface area contributed by atoms with E-state index in [1.54, 1.807) is 37.3 Å². The normalized spacial score (nSPS) is 11.3. The Balaban J connectivity index is 2.41. The third-order valence-corrected chi connectivity index (χ3v) is 4.64. The van der Waals surface area contributed by atoms with E-state index in [1.165, 1.54) is 0 Å². The Hall–Kier alpha value is -2.01. The number of benzene rings is 2. The molecule has 0 atom stereocenters. The van der Waals surface area contributed by atoms with Crippen LogP contribution in [0.25, 0.3) is 0 Å². The zero-order chi connectivity index (χ0) is 14.9. The highest BCUT2D eigenvalue weighted by Gasteiger charge is 2.16. The van der Waals surface area contributed by atoms with Crippen LogP contribution in [-0.4, -0.2) is 8.42 Å². The summed E-state index contributed by atoms with van der Waals surface area (Å²) in [6.45, 7) is 5.55. The Labute approximate surface area is 119 Å². The topological polar surface area (TPSA) is 72.2 Å². The number of nitrogens with two attached hydrogens (primary N) is 1. The molecule has 0 saturated heterocycles. The molecular formula is C15H18N2O2S. The third kappa shape index (κ3) is 2.77. The van der Waals surface area contributed by atoms with Gasteiger partial charge in [0.25, 0.3) is 10.0 Å². The summed E-state index contributed by atoms with van der Waals surface area (Å²) in [5.74, 6) is 0. The lowest BCUT2D eigenvalue weighted by molar-refractivity contribution is 0.601. The molecule has 0 bridgehead atoms. The van der Waals surface area contributed by atoms with Crippen LogP contribution in [0.5, 0.6) is 0 Å². The molecule has 0 aromatic heterocycles. The monoisotopic (exact) mass is 290 g/mol. The van der Waals surface area contributed by atoms with Crippen LogP contribution in [0.4, 0.5) is 11.4 Å². The minimum absolute atomic E-state index is 0.246. The second-order valence-electron chi connectivity index (χ2n) is 4.89. The van der Waals surface area contributed by atoms with Crippen LogP contribution in [-0.2, 0) is 10.0 Å². The van der Waals surface area contributed by atoms with Gasteiger partial charge in [-0.1, -0.05) is 18.2 Å². The number of aryl methyl sites for hydroxylation is 2. The molecule has 0 aliphatic carbocycles. The highest BCUT2D eigenvalue weighted by molar-refractivity contribution is 7.92. The van der Waals surface area contributed by atoms with E-state index in [9.17, 15) is 8.42 Å². The summed E-state index contributed by atoms with van der Waals surface area (Å²) in [6, 6.07) is 10.3. The average Bonchev–Trinajstić information content (AvgIpc) is 2.39. The van der Waals surface area contributed by atoms with Gasteiger partial charge in [0.05, 0.1) is 10.6 Å². The number of rotatable bonds is 3. The Morgan fingerprint density at radius 2 is 1.75 bits per heavy atom. The predicted molar refractivity (Wildman–Crippen MR) is 82.3 cm³/mol. The zero-order valence-electron chi connectivity index (χ0n) is 11.8. The first kappa shape index (κ1) is 14.4. The molecule has 0 spiro atoms. The molecule has 0 amide bonds. The fourth-order valence-corrected chi connectivity index (χ4v) is 3.19. The lowest BCUT2D eigenvalue weighted by Gasteiger charge is -2.13. The van der Waals surface area contributed by atoms with Crippen molar-refractivity contribution in [1.29, 1.82) is 0 Å². The first-order valence-electron chi connectivity index (χ1n) is 6.26. The van der Waals surface area contributed by atoms with Gasteiger partial charge in [-0.3, -0.25) is 4.72 Å². The molecule has 0 heterocycles. The molecule has 0 unspecified atom stereocenters. The van der Waals surface area contributed by atoms with Crippen LogP contribution in [0.2, 0.25) is 0 Å². The number of nitrogens with one attached hydrogen (secondary N) is 1. The van der Waals surface area contributed by atoms with E-state index in [0.717, 1.165) is 16.7 Å². The lowest BCUT2D eigenvalue weighted by atomic mass is 10.1. The SMILES string of the molecule is Cc1cccc(S(=O)(=O)Nc2ccc(C)c(N)c2C)c1. The second kappa shape index (κ2) is 5.17. The fraction of sp³-hybridized carbons (Fsp3) is 0.200. The van der Waals surface area contributed by atoms with Crippen molar-refractivity contribution in [1.82, 2.24) is 0 Å². The fourth-order valence-electron chi connectivity index (χ4n) is 1.96. The number of anilines is 2. The van der Waals surface area contributed by atoms with Crippen LogP contribution in [0, 0.1) is 20.8 Å². The minimum Gasteiger partial charge on any atom is -0.398 e. The Kier molecular flexibility index (Phi) is 3.72. The van der Waals surface area contributed by atoms with Gasteiger partial charge in [0.2, 0.25) is 0 Å². The first-order chi connectivity index (χ1) is 9.31. The molecule has 5 heteroatoms. The summed E-state index contributed by atoms with van der Waals surface area (Å²) in [4.78, 5) is 0.246. The van der Waals surface area contributed by atoms with Gasteiger partial charge in [0.15, 0.2) is 0 Å². The molecule has 2 rings (SSSR count). The minimum atomic E-state index is -3.59. The number of hydrogen-bond donors (Lipinski definition) is 2. The van der Waals surface area contributed by atoms with Gasteiger partial charge in [-0.15, -0.1) is 0 Å². The standard InChI is InChI=1S/C15H18N2O2S/c1-10-5-4-6-13(9-10)20(18,19)17-14-8-7-11(2)15(16)12(14)3/h4-9,17H,16H2,1-3H3. The average molecular weight is 290 g/mol. The number of hydrogen-bond acceptors (Lipinski definition) is 3. The van der Waals surface area contributed by atoms with Crippen molar-refractivity contribution in [2.45, 2.75) is 25.7 Å². The van der Waals surface area contributed by atoms with Gasteiger partial charge in [-0.05, 0) is 55.7 Å². The molecule has 4 nitrogen and oxygen atoms in total. The smallest absolute Gasteiger partial charge is 0.261 e. The van der Waals surface area contributed by atoms with E-state index in [1.807, 2.05) is 19.9 Å². The van der Waals surface area contributed by atoms with Gasteiger partial charge in [-0.25, -0.2) is 8.42 Å². The highest BCUT2D eigenvalue weighted by atomic mass is 32.2. The maximum atomic E-state index is 12.4. The molecule has 106 valence electrons. The molecule has 2 aromatic rings. The largest absolute Gasteiger partial charge is 0.398 e. The van der Waals surface area contributed by atoms with Crippen molar-refractivity contribution in [2.75, 3.05) is 10.5 Å². The summed E-state index contributed by atoms with van der Waals surface area (Å²) in [6.07, 6.45) is 0. The Morgan fingerprint density at radius 3 is 2.40 bits per heavy atom. The third-order valence-electron chi connectivity index (χ3n) is 3.28. The predicted octanol–water partition coefficient (Wildman–Crippen LogP) is 2.99. The molecule has 0 fully saturated rings.